The number of pyridine rings is 2. The van der Waals surface area contributed by atoms with Gasteiger partial charge in [0, 0.05) is 29.3 Å². The highest BCUT2D eigenvalue weighted by Crippen LogP contribution is 2.46. The molecule has 4 amide bonds. The van der Waals surface area contributed by atoms with E-state index in [1.54, 1.807) is 57.4 Å². The van der Waals surface area contributed by atoms with Crippen molar-refractivity contribution in [2.24, 2.45) is 5.92 Å². The van der Waals surface area contributed by atoms with Crippen molar-refractivity contribution < 1.29 is 37.1 Å². The maximum atomic E-state index is 14.4. The highest BCUT2D eigenvalue weighted by atomic mass is 32.2. The molecule has 58 heavy (non-hydrogen) atoms. The molecular weight excluding hydrogens is 761 g/mol. The molecule has 0 spiro atoms. The fourth-order valence-corrected chi connectivity index (χ4v) is 8.38. The molecule has 14 nitrogen and oxygen atoms in total. The molecule has 2 aliphatic carbocycles. The number of hydrogen-bond acceptors (Lipinski definition) is 10. The first-order valence-corrected chi connectivity index (χ1v) is 21.2. The summed E-state index contributed by atoms with van der Waals surface area (Å²) in [5.41, 5.74) is -0.479. The molecule has 0 bridgehead atoms. The quantitative estimate of drug-likeness (QED) is 0.150. The first kappa shape index (κ1) is 40.4. The molecular formula is C43H48N6O8S. The van der Waals surface area contributed by atoms with Crippen LogP contribution in [-0.2, 0) is 29.1 Å². The van der Waals surface area contributed by atoms with Crippen molar-refractivity contribution in [1.82, 2.24) is 30.6 Å². The zero-order valence-corrected chi connectivity index (χ0v) is 33.5. The zero-order chi connectivity index (χ0) is 41.1. The zero-order valence-electron chi connectivity index (χ0n) is 32.7. The van der Waals surface area contributed by atoms with Crippen LogP contribution in [0.4, 0.5) is 4.79 Å². The first-order chi connectivity index (χ1) is 27.7. The number of ether oxygens (including phenoxy) is 2. The highest BCUT2D eigenvalue weighted by molar-refractivity contribution is 7.91. The summed E-state index contributed by atoms with van der Waals surface area (Å²) in [6, 6.07) is 17.5. The molecule has 0 unspecified atom stereocenters. The molecule has 1 aliphatic heterocycles. The number of sulfonamides is 1. The Balaban J connectivity index is 1.20. The average molecular weight is 809 g/mol. The third kappa shape index (κ3) is 9.64. The molecule has 15 heteroatoms. The van der Waals surface area contributed by atoms with Gasteiger partial charge in [-0.05, 0) is 107 Å². The van der Waals surface area contributed by atoms with Crippen LogP contribution in [0, 0.1) is 5.92 Å². The van der Waals surface area contributed by atoms with Crippen LogP contribution in [0.15, 0.2) is 91.3 Å². The van der Waals surface area contributed by atoms with Crippen molar-refractivity contribution in [2.75, 3.05) is 0 Å². The molecule has 7 rings (SSSR count). The SMILES string of the molecule is CC(C)(C)OC(=O)N[C@H]1CCCCC/C=C/[C@@H]2C[C@@]2(C(=O)NS(=O)(=O)C2CC2)NC(=O)[C@H](c2ccc(Oc3nc(-c4ccncc4)cc4ccccc34)cc2)NC1=O. The number of nitrogens with one attached hydrogen (secondary N) is 4. The Morgan fingerprint density at radius 1 is 0.914 bits per heavy atom. The molecule has 304 valence electrons. The van der Waals surface area contributed by atoms with Gasteiger partial charge in [0.1, 0.15) is 29.0 Å². The van der Waals surface area contributed by atoms with Gasteiger partial charge >= 0.3 is 6.09 Å². The smallest absolute Gasteiger partial charge is 0.408 e. The van der Waals surface area contributed by atoms with Gasteiger partial charge in [-0.25, -0.2) is 18.2 Å². The second-order valence-electron chi connectivity index (χ2n) is 16.1. The Bertz CT molecular complexity index is 2330. The first-order valence-electron chi connectivity index (χ1n) is 19.6. The summed E-state index contributed by atoms with van der Waals surface area (Å²) in [4.78, 5) is 64.1. The molecule has 4 N–H and O–H groups in total. The molecule has 2 fully saturated rings. The molecule has 2 aromatic carbocycles. The van der Waals surface area contributed by atoms with Crippen LogP contribution >= 0.6 is 0 Å². The van der Waals surface area contributed by atoms with Crippen LogP contribution in [0.25, 0.3) is 22.0 Å². The van der Waals surface area contributed by atoms with E-state index in [2.05, 4.69) is 25.7 Å². The minimum atomic E-state index is -3.92. The van der Waals surface area contributed by atoms with Crippen molar-refractivity contribution in [3.63, 3.8) is 0 Å². The average Bonchev–Trinajstić information content (AvgIpc) is 4.12. The summed E-state index contributed by atoms with van der Waals surface area (Å²) in [6.45, 7) is 5.15. The number of alkyl carbamates (subject to hydrolysis) is 1. The Labute approximate surface area is 337 Å². The van der Waals surface area contributed by atoms with Crippen LogP contribution in [0.3, 0.4) is 0 Å². The van der Waals surface area contributed by atoms with Gasteiger partial charge in [0.2, 0.25) is 27.7 Å². The number of carbonyl (C=O) groups excluding carboxylic acids is 4. The molecule has 0 radical (unpaired) electrons. The number of carbonyl (C=O) groups is 4. The van der Waals surface area contributed by atoms with Gasteiger partial charge in [0.05, 0.1) is 10.9 Å². The summed E-state index contributed by atoms with van der Waals surface area (Å²) >= 11 is 0. The standard InChI is InChI=1S/C43H48N6O8S/c1-42(2,3)57-41(53)46-34-14-8-6-4-5-7-12-30-26-43(30,40(52)49-58(54,55)32-19-20-32)48-38(51)36(47-37(34)50)28-15-17-31(18-16-28)56-39-33-13-10-9-11-29(33)25-35(45-39)27-21-23-44-24-22-27/h7,9-13,15-18,21-25,30,32,34,36H,4-6,8,14,19-20,26H2,1-3H3,(H,46,53)(H,47,50)(H,48,51)(H,49,52)/b12-7+/t30-,34+,36+,43-/m1/s1. The van der Waals surface area contributed by atoms with Gasteiger partial charge in [-0.3, -0.25) is 24.1 Å². The van der Waals surface area contributed by atoms with E-state index in [0.29, 0.717) is 48.6 Å². The van der Waals surface area contributed by atoms with E-state index in [4.69, 9.17) is 14.5 Å². The molecule has 3 heterocycles. The summed E-state index contributed by atoms with van der Waals surface area (Å²) < 4.78 is 39.8. The Hall–Kier alpha value is -5.83. The third-order valence-corrected chi connectivity index (χ3v) is 12.2. The van der Waals surface area contributed by atoms with E-state index in [1.807, 2.05) is 54.6 Å². The number of rotatable bonds is 8. The lowest BCUT2D eigenvalue weighted by molar-refractivity contribution is -0.133. The largest absolute Gasteiger partial charge is 0.444 e. The summed E-state index contributed by atoms with van der Waals surface area (Å²) in [5.74, 6) is -1.90. The lowest BCUT2D eigenvalue weighted by Gasteiger charge is -2.27. The molecule has 4 aromatic rings. The van der Waals surface area contributed by atoms with Gasteiger partial charge in [0.15, 0.2) is 0 Å². The second kappa shape index (κ2) is 16.6. The fourth-order valence-electron chi connectivity index (χ4n) is 7.02. The van der Waals surface area contributed by atoms with Gasteiger partial charge in [-0.1, -0.05) is 55.3 Å². The lowest BCUT2D eigenvalue weighted by Crippen LogP contribution is -2.56. The number of hydrogen-bond donors (Lipinski definition) is 4. The third-order valence-electron chi connectivity index (χ3n) is 10.4. The Morgan fingerprint density at radius 3 is 2.38 bits per heavy atom. The molecule has 4 atom stereocenters. The Kier molecular flexibility index (Phi) is 11.5. The number of nitrogens with zero attached hydrogens (tertiary/aromatic N) is 2. The van der Waals surface area contributed by atoms with E-state index in [1.165, 1.54) is 0 Å². The predicted molar refractivity (Wildman–Crippen MR) is 217 cm³/mol. The van der Waals surface area contributed by atoms with Crippen LogP contribution in [0.5, 0.6) is 11.6 Å². The van der Waals surface area contributed by atoms with E-state index in [9.17, 15) is 27.6 Å². The second-order valence-corrected chi connectivity index (χ2v) is 18.1. The van der Waals surface area contributed by atoms with E-state index in [0.717, 1.165) is 29.2 Å². The summed E-state index contributed by atoms with van der Waals surface area (Å²) in [7, 11) is -3.92. The normalized spacial score (nSPS) is 23.5. The molecule has 2 aromatic heterocycles. The van der Waals surface area contributed by atoms with Crippen molar-refractivity contribution in [3.05, 3.63) is 96.8 Å². The number of benzene rings is 2. The summed E-state index contributed by atoms with van der Waals surface area (Å²) in [6.07, 6.45) is 10.6. The lowest BCUT2D eigenvalue weighted by atomic mass is 10.0. The van der Waals surface area contributed by atoms with Crippen molar-refractivity contribution in [1.29, 1.82) is 0 Å². The van der Waals surface area contributed by atoms with Gasteiger partial charge < -0.3 is 25.4 Å². The van der Waals surface area contributed by atoms with Crippen LogP contribution in [-0.4, -0.2) is 64.6 Å². The minimum absolute atomic E-state index is 0.178. The van der Waals surface area contributed by atoms with Crippen LogP contribution < -0.4 is 25.4 Å². The van der Waals surface area contributed by atoms with Gasteiger partial charge in [-0.2, -0.15) is 0 Å². The van der Waals surface area contributed by atoms with Crippen molar-refractivity contribution in [3.8, 4) is 22.9 Å². The van der Waals surface area contributed by atoms with E-state index < -0.39 is 68.2 Å². The van der Waals surface area contributed by atoms with E-state index in [-0.39, 0.29) is 12.8 Å². The summed E-state index contributed by atoms with van der Waals surface area (Å²) in [5, 5.41) is 9.37. The van der Waals surface area contributed by atoms with Crippen LogP contribution in [0.1, 0.15) is 83.7 Å². The number of allylic oxidation sites excluding steroid dienone is 1. The maximum absolute atomic E-state index is 14.4. The van der Waals surface area contributed by atoms with Gasteiger partial charge in [-0.15, -0.1) is 0 Å². The van der Waals surface area contributed by atoms with Crippen molar-refractivity contribution >= 4 is 44.6 Å². The van der Waals surface area contributed by atoms with Gasteiger partial charge in [0.25, 0.3) is 5.91 Å². The van der Waals surface area contributed by atoms with Crippen molar-refractivity contribution in [2.45, 2.75) is 101 Å². The molecule has 2 saturated carbocycles. The number of aromatic nitrogens is 2. The monoisotopic (exact) mass is 808 g/mol. The van der Waals surface area contributed by atoms with E-state index >= 15 is 0 Å². The minimum Gasteiger partial charge on any atom is -0.444 e. The number of fused-ring (bicyclic) bond motifs is 2. The number of amides is 4. The predicted octanol–water partition coefficient (Wildman–Crippen LogP) is 6.14. The highest BCUT2D eigenvalue weighted by Gasteiger charge is 2.61. The fraction of sp³-hybridized carbons (Fsp3) is 0.395. The molecule has 0 saturated heterocycles. The Morgan fingerprint density at radius 2 is 1.66 bits per heavy atom. The molecule has 3 aliphatic rings. The maximum Gasteiger partial charge on any atom is 0.408 e. The van der Waals surface area contributed by atoms with Crippen LogP contribution in [0.2, 0.25) is 0 Å². The topological polar surface area (TPSA) is 195 Å².